The Kier molecular flexibility index (Phi) is 7.18. The molecule has 0 N–H and O–H groups in total. The highest BCUT2D eigenvalue weighted by Crippen LogP contribution is 2.31. The summed E-state index contributed by atoms with van der Waals surface area (Å²) in [7, 11) is 1.49. The van der Waals surface area contributed by atoms with Gasteiger partial charge in [-0.2, -0.15) is 0 Å². The lowest BCUT2D eigenvalue weighted by atomic mass is 10.1. The Bertz CT molecular complexity index is 1690. The second-order valence-corrected chi connectivity index (χ2v) is 9.57. The lowest BCUT2D eigenvalue weighted by Crippen LogP contribution is -2.10. The van der Waals surface area contributed by atoms with Crippen LogP contribution in [0.3, 0.4) is 0 Å². The number of aryl methyl sites for hydroxylation is 2. The number of nitrogens with zero attached hydrogens (tertiary/aromatic N) is 2. The summed E-state index contributed by atoms with van der Waals surface area (Å²) in [5, 5.41) is 0.632. The van der Waals surface area contributed by atoms with Crippen LogP contribution in [0.4, 0.5) is 5.69 Å². The standard InChI is InChI=1S/C30H22Cl2N2O4/c1-17-10-18(2)12-20(11-17)29-34-25-15-22(6-9-26(25)37-29)33-16-19-4-8-27(28(13-19)36-3)38-30(35)23-7-5-21(31)14-24(23)32/h4-16H,1-3H3. The van der Waals surface area contributed by atoms with Gasteiger partial charge in [0.25, 0.3) is 0 Å². The molecule has 0 radical (unpaired) electrons. The van der Waals surface area contributed by atoms with Gasteiger partial charge in [-0.25, -0.2) is 9.78 Å². The topological polar surface area (TPSA) is 73.9 Å². The van der Waals surface area contributed by atoms with Crippen molar-refractivity contribution in [2.24, 2.45) is 4.99 Å². The van der Waals surface area contributed by atoms with Gasteiger partial charge in [-0.05, 0) is 86.1 Å². The molecular weight excluding hydrogens is 523 g/mol. The molecule has 0 bridgehead atoms. The highest BCUT2D eigenvalue weighted by Gasteiger charge is 2.16. The maximum absolute atomic E-state index is 12.6. The van der Waals surface area contributed by atoms with E-state index in [0.29, 0.717) is 27.9 Å². The predicted molar refractivity (Wildman–Crippen MR) is 151 cm³/mol. The molecule has 0 atom stereocenters. The number of carbonyl (C=O) groups excluding carboxylic acids is 1. The molecule has 0 aliphatic heterocycles. The third-order valence-electron chi connectivity index (χ3n) is 5.74. The largest absolute Gasteiger partial charge is 0.493 e. The van der Waals surface area contributed by atoms with Gasteiger partial charge in [0.1, 0.15) is 5.52 Å². The number of rotatable bonds is 6. The molecule has 1 heterocycles. The van der Waals surface area contributed by atoms with Crippen molar-refractivity contribution in [1.82, 2.24) is 4.98 Å². The zero-order chi connectivity index (χ0) is 26.8. The van der Waals surface area contributed by atoms with Crippen molar-refractivity contribution < 1.29 is 18.7 Å². The first kappa shape index (κ1) is 25.5. The monoisotopic (exact) mass is 544 g/mol. The number of oxazole rings is 1. The van der Waals surface area contributed by atoms with Gasteiger partial charge in [-0.1, -0.05) is 40.4 Å². The molecule has 6 nitrogen and oxygen atoms in total. The van der Waals surface area contributed by atoms with Crippen molar-refractivity contribution in [1.29, 1.82) is 0 Å². The van der Waals surface area contributed by atoms with E-state index < -0.39 is 5.97 Å². The SMILES string of the molecule is COc1cc(C=Nc2ccc3oc(-c4cc(C)cc(C)c4)nc3c2)ccc1OC(=O)c1ccc(Cl)cc1Cl. The predicted octanol–water partition coefficient (Wildman–Crippen LogP) is 8.40. The third kappa shape index (κ3) is 5.57. The normalized spacial score (nSPS) is 11.3. The van der Waals surface area contributed by atoms with Crippen LogP contribution in [0.2, 0.25) is 10.0 Å². The fourth-order valence-corrected chi connectivity index (χ4v) is 4.51. The maximum atomic E-state index is 12.6. The number of fused-ring (bicyclic) bond motifs is 1. The molecule has 8 heteroatoms. The number of aliphatic imine (C=N–C) groups is 1. The molecule has 38 heavy (non-hydrogen) atoms. The van der Waals surface area contributed by atoms with Crippen LogP contribution in [0.1, 0.15) is 27.0 Å². The molecule has 1 aromatic heterocycles. The number of benzene rings is 4. The first-order valence-electron chi connectivity index (χ1n) is 11.7. The van der Waals surface area contributed by atoms with Gasteiger partial charge in [-0.15, -0.1) is 0 Å². The Morgan fingerprint density at radius 1 is 0.921 bits per heavy atom. The maximum Gasteiger partial charge on any atom is 0.345 e. The van der Waals surface area contributed by atoms with E-state index in [0.717, 1.165) is 27.8 Å². The van der Waals surface area contributed by atoms with Crippen LogP contribution in [0.5, 0.6) is 11.5 Å². The van der Waals surface area contributed by atoms with Crippen molar-refractivity contribution in [3.8, 4) is 23.0 Å². The van der Waals surface area contributed by atoms with Crippen molar-refractivity contribution in [2.75, 3.05) is 7.11 Å². The minimum atomic E-state index is -0.618. The number of methoxy groups -OCH3 is 1. The molecule has 0 saturated heterocycles. The van der Waals surface area contributed by atoms with E-state index in [1.165, 1.54) is 19.2 Å². The summed E-state index contributed by atoms with van der Waals surface area (Å²) >= 11 is 12.0. The van der Waals surface area contributed by atoms with Gasteiger partial charge in [0.05, 0.1) is 23.4 Å². The number of hydrogen-bond acceptors (Lipinski definition) is 6. The van der Waals surface area contributed by atoms with E-state index in [1.807, 2.05) is 32.0 Å². The van der Waals surface area contributed by atoms with Crippen molar-refractivity contribution in [2.45, 2.75) is 13.8 Å². The summed E-state index contributed by atoms with van der Waals surface area (Å²) in [5.41, 5.74) is 6.31. The van der Waals surface area contributed by atoms with Crippen LogP contribution in [-0.2, 0) is 0 Å². The van der Waals surface area contributed by atoms with Gasteiger partial charge in [0, 0.05) is 16.8 Å². The number of halogens is 2. The number of esters is 1. The van der Waals surface area contributed by atoms with Crippen molar-refractivity contribution >= 4 is 52.2 Å². The summed E-state index contributed by atoms with van der Waals surface area (Å²) in [6.45, 7) is 4.10. The number of carbonyl (C=O) groups is 1. The van der Waals surface area contributed by atoms with Crippen LogP contribution in [0.25, 0.3) is 22.6 Å². The number of ether oxygens (including phenoxy) is 2. The molecule has 0 saturated carbocycles. The molecule has 4 aromatic carbocycles. The Morgan fingerprint density at radius 3 is 2.45 bits per heavy atom. The Morgan fingerprint density at radius 2 is 1.71 bits per heavy atom. The van der Waals surface area contributed by atoms with Crippen molar-refractivity contribution in [3.63, 3.8) is 0 Å². The molecule has 0 aliphatic carbocycles. The minimum absolute atomic E-state index is 0.202. The van der Waals surface area contributed by atoms with E-state index in [-0.39, 0.29) is 16.3 Å². The first-order valence-corrected chi connectivity index (χ1v) is 12.4. The summed E-state index contributed by atoms with van der Waals surface area (Å²) in [4.78, 5) is 21.8. The Hall–Kier alpha value is -4.13. The Balaban J connectivity index is 1.35. The lowest BCUT2D eigenvalue weighted by Gasteiger charge is -2.10. The summed E-state index contributed by atoms with van der Waals surface area (Å²) in [5.74, 6) is 0.580. The van der Waals surface area contributed by atoms with E-state index in [2.05, 4.69) is 28.2 Å². The van der Waals surface area contributed by atoms with E-state index in [4.69, 9.17) is 37.1 Å². The van der Waals surface area contributed by atoms with Gasteiger partial charge >= 0.3 is 5.97 Å². The quantitative estimate of drug-likeness (QED) is 0.122. The van der Waals surface area contributed by atoms with Gasteiger partial charge in [0.2, 0.25) is 5.89 Å². The number of aromatic nitrogens is 1. The molecule has 0 aliphatic rings. The average Bonchev–Trinajstić information content (AvgIpc) is 3.31. The van der Waals surface area contributed by atoms with E-state index in [1.54, 1.807) is 30.5 Å². The summed E-state index contributed by atoms with van der Waals surface area (Å²) in [6, 6.07) is 21.5. The molecule has 190 valence electrons. The van der Waals surface area contributed by atoms with Gasteiger partial charge in [-0.3, -0.25) is 4.99 Å². The molecule has 5 aromatic rings. The van der Waals surface area contributed by atoms with Crippen molar-refractivity contribution in [3.05, 3.63) is 105 Å². The van der Waals surface area contributed by atoms with E-state index >= 15 is 0 Å². The molecule has 0 fully saturated rings. The highest BCUT2D eigenvalue weighted by atomic mass is 35.5. The highest BCUT2D eigenvalue weighted by molar-refractivity contribution is 6.36. The minimum Gasteiger partial charge on any atom is -0.493 e. The van der Waals surface area contributed by atoms with Crippen LogP contribution in [0, 0.1) is 13.8 Å². The summed E-state index contributed by atoms with van der Waals surface area (Å²) < 4.78 is 16.9. The van der Waals surface area contributed by atoms with E-state index in [9.17, 15) is 4.79 Å². The second kappa shape index (κ2) is 10.7. The van der Waals surface area contributed by atoms with Gasteiger partial charge < -0.3 is 13.9 Å². The fourth-order valence-electron chi connectivity index (χ4n) is 4.03. The van der Waals surface area contributed by atoms with Crippen LogP contribution >= 0.6 is 23.2 Å². The first-order chi connectivity index (χ1) is 18.3. The lowest BCUT2D eigenvalue weighted by molar-refractivity contribution is 0.0730. The molecule has 0 unspecified atom stereocenters. The molecule has 5 rings (SSSR count). The average molecular weight is 545 g/mol. The number of hydrogen-bond donors (Lipinski definition) is 0. The fraction of sp³-hybridized carbons (Fsp3) is 0.100. The van der Waals surface area contributed by atoms with Gasteiger partial charge in [0.15, 0.2) is 17.1 Å². The third-order valence-corrected chi connectivity index (χ3v) is 6.29. The van der Waals surface area contributed by atoms with Crippen LogP contribution in [0.15, 0.2) is 82.2 Å². The second-order valence-electron chi connectivity index (χ2n) is 8.73. The van der Waals surface area contributed by atoms with Crippen LogP contribution < -0.4 is 9.47 Å². The van der Waals surface area contributed by atoms with Crippen LogP contribution in [-0.4, -0.2) is 24.3 Å². The summed E-state index contributed by atoms with van der Waals surface area (Å²) in [6.07, 6.45) is 1.69. The molecular formula is C30H22Cl2N2O4. The molecule has 0 amide bonds. The molecule has 0 spiro atoms. The smallest absolute Gasteiger partial charge is 0.345 e. The zero-order valence-electron chi connectivity index (χ0n) is 20.8. The zero-order valence-corrected chi connectivity index (χ0v) is 22.3. The Labute approximate surface area is 229 Å².